The van der Waals surface area contributed by atoms with Crippen LogP contribution in [0.25, 0.3) is 0 Å². The average molecular weight is 383 g/mol. The summed E-state index contributed by atoms with van der Waals surface area (Å²) in [5, 5.41) is 13.2. The van der Waals surface area contributed by atoms with Crippen LogP contribution in [0.3, 0.4) is 0 Å². The van der Waals surface area contributed by atoms with Crippen molar-refractivity contribution in [3.05, 3.63) is 61.8 Å². The van der Waals surface area contributed by atoms with Crippen LogP contribution in [0.5, 0.6) is 0 Å². The lowest BCUT2D eigenvalue weighted by Gasteiger charge is -2.07. The Bertz CT molecular complexity index is 863. The molecule has 1 amide bonds. The lowest BCUT2D eigenvalue weighted by Crippen LogP contribution is -2.34. The number of amides is 1. The van der Waals surface area contributed by atoms with Crippen molar-refractivity contribution in [2.24, 2.45) is 0 Å². The van der Waals surface area contributed by atoms with E-state index in [2.05, 4.69) is 10.0 Å². The van der Waals surface area contributed by atoms with E-state index in [0.29, 0.717) is 4.88 Å². The van der Waals surface area contributed by atoms with E-state index in [1.54, 1.807) is 19.1 Å². The van der Waals surface area contributed by atoms with Crippen LogP contribution in [-0.2, 0) is 16.6 Å². The van der Waals surface area contributed by atoms with Crippen LogP contribution >= 0.6 is 11.3 Å². The lowest BCUT2D eigenvalue weighted by molar-refractivity contribution is -0.385. The van der Waals surface area contributed by atoms with Crippen molar-refractivity contribution < 1.29 is 18.1 Å². The van der Waals surface area contributed by atoms with E-state index in [1.165, 1.54) is 6.07 Å². The molecule has 2 aromatic rings. The minimum absolute atomic E-state index is 0.0896. The van der Waals surface area contributed by atoms with Gasteiger partial charge in [-0.3, -0.25) is 14.9 Å². The maximum absolute atomic E-state index is 12.0. The van der Waals surface area contributed by atoms with E-state index in [4.69, 9.17) is 0 Å². The average Bonchev–Trinajstić information content (AvgIpc) is 2.96. The van der Waals surface area contributed by atoms with Gasteiger partial charge in [-0.05, 0) is 12.5 Å². The van der Waals surface area contributed by atoms with Gasteiger partial charge in [0, 0.05) is 19.2 Å². The van der Waals surface area contributed by atoms with Gasteiger partial charge in [0.2, 0.25) is 10.0 Å². The van der Waals surface area contributed by atoms with Crippen LogP contribution in [0, 0.1) is 17.0 Å². The van der Waals surface area contributed by atoms with Crippen molar-refractivity contribution in [2.75, 3.05) is 12.3 Å². The fourth-order valence-electron chi connectivity index (χ4n) is 2.01. The summed E-state index contributed by atoms with van der Waals surface area (Å²) in [6.07, 6.45) is 0. The van der Waals surface area contributed by atoms with Gasteiger partial charge in [-0.1, -0.05) is 30.3 Å². The first-order chi connectivity index (χ1) is 11.8. The molecule has 0 aliphatic heterocycles. The number of hydrogen-bond donors (Lipinski definition) is 2. The number of thiophene rings is 1. The fourth-order valence-corrected chi connectivity index (χ4v) is 3.82. The Morgan fingerprint density at radius 2 is 1.96 bits per heavy atom. The quantitative estimate of drug-likeness (QED) is 0.532. The number of carbonyl (C=O) groups is 1. The molecule has 134 valence electrons. The first-order valence-electron chi connectivity index (χ1n) is 7.33. The minimum Gasteiger partial charge on any atom is -0.350 e. The zero-order valence-corrected chi connectivity index (χ0v) is 15.0. The van der Waals surface area contributed by atoms with Crippen LogP contribution in [-0.4, -0.2) is 31.5 Å². The minimum atomic E-state index is -3.54. The van der Waals surface area contributed by atoms with E-state index in [1.807, 2.05) is 18.2 Å². The molecule has 0 fully saturated rings. The molecule has 1 aromatic carbocycles. The smallest absolute Gasteiger partial charge is 0.283 e. The first kappa shape index (κ1) is 19.0. The number of carbonyl (C=O) groups excluding carboxylic acids is 1. The first-order valence-corrected chi connectivity index (χ1v) is 9.79. The fraction of sp³-hybridized carbons (Fsp3) is 0.267. The molecule has 8 nitrogen and oxygen atoms in total. The Hall–Kier alpha value is -2.30. The van der Waals surface area contributed by atoms with Crippen molar-refractivity contribution >= 4 is 33.0 Å². The van der Waals surface area contributed by atoms with Gasteiger partial charge in [0.15, 0.2) is 0 Å². The number of sulfonamides is 1. The van der Waals surface area contributed by atoms with E-state index in [9.17, 15) is 23.3 Å². The Morgan fingerprint density at radius 3 is 2.56 bits per heavy atom. The third-order valence-electron chi connectivity index (χ3n) is 3.31. The maximum atomic E-state index is 12.0. The predicted molar refractivity (Wildman–Crippen MR) is 95.1 cm³/mol. The normalized spacial score (nSPS) is 11.2. The Morgan fingerprint density at radius 1 is 1.28 bits per heavy atom. The molecule has 0 aliphatic rings. The van der Waals surface area contributed by atoms with E-state index < -0.39 is 20.9 Å². The molecule has 10 heteroatoms. The highest BCUT2D eigenvalue weighted by Gasteiger charge is 2.19. The molecule has 25 heavy (non-hydrogen) atoms. The van der Waals surface area contributed by atoms with Crippen molar-refractivity contribution in [3.8, 4) is 0 Å². The van der Waals surface area contributed by atoms with Gasteiger partial charge in [-0.15, -0.1) is 11.3 Å². The summed E-state index contributed by atoms with van der Waals surface area (Å²) in [5.41, 5.74) is 0.712. The number of aryl methyl sites for hydroxylation is 1. The molecule has 0 saturated carbocycles. The molecule has 0 saturated heterocycles. The van der Waals surface area contributed by atoms with Crippen LogP contribution < -0.4 is 10.0 Å². The van der Waals surface area contributed by atoms with Gasteiger partial charge in [0.1, 0.15) is 0 Å². The van der Waals surface area contributed by atoms with E-state index >= 15 is 0 Å². The summed E-state index contributed by atoms with van der Waals surface area (Å²) in [5.74, 6) is -0.808. The van der Waals surface area contributed by atoms with Gasteiger partial charge in [0.25, 0.3) is 11.6 Å². The lowest BCUT2D eigenvalue weighted by atomic mass is 10.2. The molecular formula is C15H17N3O5S2. The van der Waals surface area contributed by atoms with Gasteiger partial charge in [-0.2, -0.15) is 0 Å². The molecular weight excluding hydrogens is 366 g/mol. The monoisotopic (exact) mass is 383 g/mol. The summed E-state index contributed by atoms with van der Waals surface area (Å²) < 4.78 is 26.3. The second kappa shape index (κ2) is 8.19. The molecule has 0 radical (unpaired) electrons. The third kappa shape index (κ3) is 5.62. The van der Waals surface area contributed by atoms with Crippen molar-refractivity contribution in [1.82, 2.24) is 10.0 Å². The number of benzene rings is 1. The number of nitro groups is 1. The molecule has 0 atom stereocenters. The molecule has 2 rings (SSSR count). The van der Waals surface area contributed by atoms with Gasteiger partial charge in [0.05, 0.1) is 20.4 Å². The summed E-state index contributed by atoms with van der Waals surface area (Å²) in [6.45, 7) is 1.64. The third-order valence-corrected chi connectivity index (χ3v) is 5.67. The zero-order chi connectivity index (χ0) is 18.4. The van der Waals surface area contributed by atoms with Gasteiger partial charge < -0.3 is 5.32 Å². The standard InChI is InChI=1S/C15H17N3O5S2/c1-11-13(18(20)21)9-14(24-11)15(19)16-7-8-25(22,23)17-10-12-5-3-2-4-6-12/h2-6,9,17H,7-8,10H2,1H3,(H,16,19). The Labute approximate surface area is 149 Å². The van der Waals surface area contributed by atoms with Crippen LogP contribution in [0.4, 0.5) is 5.69 Å². The number of nitrogens with one attached hydrogen (secondary N) is 2. The molecule has 0 bridgehead atoms. The van der Waals surface area contributed by atoms with E-state index in [0.717, 1.165) is 16.9 Å². The molecule has 1 aromatic heterocycles. The summed E-state index contributed by atoms with van der Waals surface area (Å²) in [4.78, 5) is 22.8. The SMILES string of the molecule is Cc1sc(C(=O)NCCS(=O)(=O)NCc2ccccc2)cc1[N+](=O)[O-]. The highest BCUT2D eigenvalue weighted by atomic mass is 32.2. The van der Waals surface area contributed by atoms with Gasteiger partial charge >= 0.3 is 0 Å². The summed E-state index contributed by atoms with van der Waals surface area (Å²) in [6, 6.07) is 10.3. The highest BCUT2D eigenvalue weighted by Crippen LogP contribution is 2.27. The van der Waals surface area contributed by atoms with Crippen molar-refractivity contribution in [1.29, 1.82) is 0 Å². The molecule has 0 unspecified atom stereocenters. The molecule has 0 spiro atoms. The van der Waals surface area contributed by atoms with Gasteiger partial charge in [-0.25, -0.2) is 13.1 Å². The Balaban J connectivity index is 1.83. The van der Waals surface area contributed by atoms with Crippen LogP contribution in [0.15, 0.2) is 36.4 Å². The zero-order valence-electron chi connectivity index (χ0n) is 13.4. The number of hydrogen-bond acceptors (Lipinski definition) is 6. The number of rotatable bonds is 8. The predicted octanol–water partition coefficient (Wildman–Crippen LogP) is 1.81. The topological polar surface area (TPSA) is 118 Å². The molecule has 1 heterocycles. The Kier molecular flexibility index (Phi) is 6.23. The van der Waals surface area contributed by atoms with Crippen LogP contribution in [0.2, 0.25) is 0 Å². The molecule has 0 aliphatic carbocycles. The summed E-state index contributed by atoms with van der Waals surface area (Å²) >= 11 is 0.997. The van der Waals surface area contributed by atoms with Crippen molar-refractivity contribution in [2.45, 2.75) is 13.5 Å². The summed E-state index contributed by atoms with van der Waals surface area (Å²) in [7, 11) is -3.54. The van der Waals surface area contributed by atoms with Crippen molar-refractivity contribution in [3.63, 3.8) is 0 Å². The molecule has 2 N–H and O–H groups in total. The van der Waals surface area contributed by atoms with Crippen LogP contribution in [0.1, 0.15) is 20.1 Å². The maximum Gasteiger partial charge on any atom is 0.283 e. The van der Waals surface area contributed by atoms with E-state index in [-0.39, 0.29) is 29.4 Å². The number of nitrogens with zero attached hydrogens (tertiary/aromatic N) is 1. The second-order valence-electron chi connectivity index (χ2n) is 5.19. The highest BCUT2D eigenvalue weighted by molar-refractivity contribution is 7.89. The largest absolute Gasteiger partial charge is 0.350 e. The second-order valence-corrected chi connectivity index (χ2v) is 8.37.